The van der Waals surface area contributed by atoms with Gasteiger partial charge in [-0.3, -0.25) is 19.7 Å². The largest absolute Gasteiger partial charge is 0.466 e. The van der Waals surface area contributed by atoms with Crippen molar-refractivity contribution in [2.75, 3.05) is 11.6 Å². The predicted octanol–water partition coefficient (Wildman–Crippen LogP) is 4.63. The van der Waals surface area contributed by atoms with E-state index in [0.29, 0.717) is 28.8 Å². The van der Waals surface area contributed by atoms with E-state index in [1.807, 2.05) is 0 Å². The van der Waals surface area contributed by atoms with Gasteiger partial charge in [0.15, 0.2) is 0 Å². The third-order valence-electron chi connectivity index (χ3n) is 8.68. The SMILES string of the molecule is CCOC(=O)[C@H]1[C@H](c2ccccc2)[C@]2(C(=O)N(c3ccccc3)N=C2C)[C@H](c2ccc([N+](=O)[O-])cc2)[C@@H](C=O)[C@@]1(C)O. The Kier molecular flexibility index (Phi) is 7.51. The lowest BCUT2D eigenvalue weighted by molar-refractivity contribution is -0.384. The lowest BCUT2D eigenvalue weighted by Gasteiger charge is -2.57. The molecule has 0 saturated heterocycles. The number of aldehydes is 1. The predicted molar refractivity (Wildman–Crippen MR) is 155 cm³/mol. The van der Waals surface area contributed by atoms with E-state index in [2.05, 4.69) is 0 Å². The highest BCUT2D eigenvalue weighted by molar-refractivity contribution is 6.21. The molecule has 1 aliphatic carbocycles. The molecule has 1 amide bonds. The molecule has 3 aromatic rings. The van der Waals surface area contributed by atoms with Gasteiger partial charge in [-0.1, -0.05) is 60.7 Å². The zero-order valence-corrected chi connectivity index (χ0v) is 23.4. The Bertz CT molecular complexity index is 1540. The maximum absolute atomic E-state index is 15.0. The quantitative estimate of drug-likeness (QED) is 0.189. The van der Waals surface area contributed by atoms with E-state index in [1.165, 1.54) is 36.2 Å². The molecule has 1 saturated carbocycles. The molecule has 0 radical (unpaired) electrons. The minimum atomic E-state index is -1.98. The van der Waals surface area contributed by atoms with Crippen LogP contribution in [-0.2, 0) is 19.1 Å². The Morgan fingerprint density at radius 1 is 1.02 bits per heavy atom. The Labute approximate surface area is 242 Å². The van der Waals surface area contributed by atoms with E-state index in [9.17, 15) is 29.6 Å². The lowest BCUT2D eigenvalue weighted by atomic mass is 9.44. The van der Waals surface area contributed by atoms with Crippen LogP contribution < -0.4 is 5.01 Å². The number of hydrazone groups is 1. The maximum Gasteiger partial charge on any atom is 0.312 e. The molecule has 1 aliphatic heterocycles. The van der Waals surface area contributed by atoms with Gasteiger partial charge >= 0.3 is 5.97 Å². The normalized spacial score (nSPS) is 28.8. The molecule has 1 fully saturated rings. The highest BCUT2D eigenvalue weighted by Gasteiger charge is 2.72. The van der Waals surface area contributed by atoms with Crippen molar-refractivity contribution >= 4 is 35.2 Å². The average Bonchev–Trinajstić information content (AvgIpc) is 3.24. The zero-order chi connectivity index (χ0) is 30.2. The fraction of sp³-hybridized carbons (Fsp3) is 0.312. The van der Waals surface area contributed by atoms with Gasteiger partial charge in [-0.05, 0) is 44.0 Å². The summed E-state index contributed by atoms with van der Waals surface area (Å²) in [5.74, 6) is -5.93. The monoisotopic (exact) mass is 569 g/mol. The van der Waals surface area contributed by atoms with Gasteiger partial charge in [0.2, 0.25) is 0 Å². The fourth-order valence-corrected chi connectivity index (χ4v) is 6.90. The van der Waals surface area contributed by atoms with Gasteiger partial charge in [-0.25, -0.2) is 0 Å². The van der Waals surface area contributed by atoms with Crippen LogP contribution in [0.25, 0.3) is 0 Å². The van der Waals surface area contributed by atoms with Gasteiger partial charge in [0.25, 0.3) is 11.6 Å². The Morgan fingerprint density at radius 3 is 2.14 bits per heavy atom. The van der Waals surface area contributed by atoms with Crippen molar-refractivity contribution < 1.29 is 29.2 Å². The van der Waals surface area contributed by atoms with Crippen molar-refractivity contribution in [3.8, 4) is 0 Å². The average molecular weight is 570 g/mol. The molecule has 0 aromatic heterocycles. The summed E-state index contributed by atoms with van der Waals surface area (Å²) < 4.78 is 5.47. The minimum Gasteiger partial charge on any atom is -0.466 e. The molecule has 1 heterocycles. The summed E-state index contributed by atoms with van der Waals surface area (Å²) in [6.07, 6.45) is 0.563. The highest BCUT2D eigenvalue weighted by atomic mass is 16.6. The first-order chi connectivity index (χ1) is 20.1. The smallest absolute Gasteiger partial charge is 0.312 e. The Balaban J connectivity index is 1.87. The summed E-state index contributed by atoms with van der Waals surface area (Å²) in [4.78, 5) is 52.7. The van der Waals surface area contributed by atoms with E-state index in [0.717, 1.165) is 0 Å². The molecule has 3 aromatic carbocycles. The van der Waals surface area contributed by atoms with Crippen molar-refractivity contribution in [1.29, 1.82) is 0 Å². The number of ether oxygens (including phenoxy) is 1. The number of nitro benzene ring substituents is 1. The standard InChI is InChI=1S/C32H31N3O7/c1-4-42-29(37)28-27(21-11-7-5-8-12-21)32(20(2)33-34(30(32)38)23-13-9-6-10-14-23)26(25(19-36)31(28,3)39)22-15-17-24(18-16-22)35(40)41/h5-19,25-28,39H,4H2,1-3H3/t25-,26-,27+,28-,31-,32-/m1/s1. The molecule has 216 valence electrons. The fourth-order valence-electron chi connectivity index (χ4n) is 6.90. The second kappa shape index (κ2) is 10.9. The second-order valence-electron chi connectivity index (χ2n) is 10.8. The molecule has 6 atom stereocenters. The molecular weight excluding hydrogens is 538 g/mol. The Hall–Kier alpha value is -4.70. The first-order valence-corrected chi connectivity index (χ1v) is 13.7. The molecule has 1 N–H and O–H groups in total. The van der Waals surface area contributed by atoms with Crippen LogP contribution in [0.2, 0.25) is 0 Å². The molecule has 2 aliphatic rings. The highest BCUT2D eigenvalue weighted by Crippen LogP contribution is 2.65. The second-order valence-corrected chi connectivity index (χ2v) is 10.8. The number of carbonyl (C=O) groups is 3. The summed E-state index contributed by atoms with van der Waals surface area (Å²) in [6.45, 7) is 4.76. The molecule has 10 heteroatoms. The van der Waals surface area contributed by atoms with Crippen molar-refractivity contribution in [3.05, 3.63) is 106 Å². The number of carbonyl (C=O) groups excluding carboxylic acids is 3. The number of esters is 1. The minimum absolute atomic E-state index is 0.0224. The molecule has 10 nitrogen and oxygen atoms in total. The number of rotatable bonds is 7. The zero-order valence-electron chi connectivity index (χ0n) is 23.4. The van der Waals surface area contributed by atoms with Crippen LogP contribution in [0.15, 0.2) is 90.0 Å². The molecule has 42 heavy (non-hydrogen) atoms. The van der Waals surface area contributed by atoms with Crippen molar-refractivity contribution in [2.24, 2.45) is 22.4 Å². The number of nitro groups is 1. The molecule has 1 spiro atoms. The van der Waals surface area contributed by atoms with Gasteiger partial charge in [0.05, 0.1) is 40.4 Å². The summed E-state index contributed by atoms with van der Waals surface area (Å²) in [6, 6.07) is 23.3. The topological polar surface area (TPSA) is 139 Å². The first kappa shape index (κ1) is 28.8. The molecule has 5 rings (SSSR count). The van der Waals surface area contributed by atoms with Crippen LogP contribution in [0, 0.1) is 27.4 Å². The van der Waals surface area contributed by atoms with E-state index in [1.54, 1.807) is 74.5 Å². The van der Waals surface area contributed by atoms with E-state index < -0.39 is 51.5 Å². The van der Waals surface area contributed by atoms with Gasteiger partial charge in [0, 0.05) is 24.0 Å². The first-order valence-electron chi connectivity index (χ1n) is 13.7. The Morgan fingerprint density at radius 2 is 1.60 bits per heavy atom. The van der Waals surface area contributed by atoms with Gasteiger partial charge in [0.1, 0.15) is 11.7 Å². The van der Waals surface area contributed by atoms with E-state index in [4.69, 9.17) is 9.84 Å². The maximum atomic E-state index is 15.0. The summed E-state index contributed by atoms with van der Waals surface area (Å²) in [7, 11) is 0. The number of para-hydroxylation sites is 1. The van der Waals surface area contributed by atoms with Crippen LogP contribution in [0.3, 0.4) is 0 Å². The van der Waals surface area contributed by atoms with Gasteiger partial charge in [-0.15, -0.1) is 0 Å². The third kappa shape index (κ3) is 4.30. The van der Waals surface area contributed by atoms with Crippen LogP contribution in [0.1, 0.15) is 43.7 Å². The van der Waals surface area contributed by atoms with Crippen LogP contribution in [-0.4, -0.2) is 46.1 Å². The van der Waals surface area contributed by atoms with Gasteiger partial charge in [-0.2, -0.15) is 10.1 Å². The number of hydrogen-bond donors (Lipinski definition) is 1. The molecular formula is C32H31N3O7. The third-order valence-corrected chi connectivity index (χ3v) is 8.68. The lowest BCUT2D eigenvalue weighted by Crippen LogP contribution is -2.66. The number of non-ortho nitro benzene ring substituents is 1. The van der Waals surface area contributed by atoms with Gasteiger partial charge < -0.3 is 14.6 Å². The number of hydrogen-bond acceptors (Lipinski definition) is 8. The molecule has 0 unspecified atom stereocenters. The van der Waals surface area contributed by atoms with Crippen LogP contribution >= 0.6 is 0 Å². The summed E-state index contributed by atoms with van der Waals surface area (Å²) >= 11 is 0. The number of aliphatic hydroxyl groups is 1. The van der Waals surface area contributed by atoms with Crippen molar-refractivity contribution in [1.82, 2.24) is 0 Å². The number of nitrogens with zero attached hydrogens (tertiary/aromatic N) is 3. The van der Waals surface area contributed by atoms with E-state index in [-0.39, 0.29) is 12.3 Å². The van der Waals surface area contributed by atoms with Crippen LogP contribution in [0.5, 0.6) is 0 Å². The van der Waals surface area contributed by atoms with Crippen molar-refractivity contribution in [3.63, 3.8) is 0 Å². The number of benzene rings is 3. The summed E-state index contributed by atoms with van der Waals surface area (Å²) in [5.41, 5.74) is -1.99. The molecule has 0 bridgehead atoms. The number of anilines is 1. The number of amides is 1. The summed E-state index contributed by atoms with van der Waals surface area (Å²) in [5, 5.41) is 29.6. The van der Waals surface area contributed by atoms with E-state index >= 15 is 0 Å². The van der Waals surface area contributed by atoms with Crippen molar-refractivity contribution in [2.45, 2.75) is 38.2 Å². The van der Waals surface area contributed by atoms with Crippen LogP contribution in [0.4, 0.5) is 11.4 Å².